The van der Waals surface area contributed by atoms with Crippen molar-refractivity contribution in [2.24, 2.45) is 11.8 Å². The lowest BCUT2D eigenvalue weighted by Crippen LogP contribution is -2.46. The summed E-state index contributed by atoms with van der Waals surface area (Å²) < 4.78 is 27.4. The highest BCUT2D eigenvalue weighted by molar-refractivity contribution is 7.09. The van der Waals surface area contributed by atoms with Crippen molar-refractivity contribution >= 4 is 41.6 Å². The molecule has 4 atom stereocenters. The molecule has 0 radical (unpaired) electrons. The number of nitrogens with zero attached hydrogens (tertiary/aromatic N) is 2. The van der Waals surface area contributed by atoms with E-state index in [4.69, 9.17) is 28.7 Å². The van der Waals surface area contributed by atoms with E-state index in [0.717, 1.165) is 31.2 Å². The second kappa shape index (κ2) is 31.5. The molecule has 1 aromatic heterocycles. The molecule has 0 bridgehead atoms. The van der Waals surface area contributed by atoms with Crippen molar-refractivity contribution < 1.29 is 52.8 Å². The molecule has 3 unspecified atom stereocenters. The SMILES string of the molecule is CCCCC(=O)N(CCC)C(CC(OCCC)c1nc(C(=O)NC(Cc2ccc(O)cc2)C[C@H](C)C(=O)NNC(=O)OCCOCCOCCOCCNC=O)cs1)C(C)C. The maximum Gasteiger partial charge on any atom is 0.426 e. The van der Waals surface area contributed by atoms with E-state index in [1.54, 1.807) is 36.6 Å². The van der Waals surface area contributed by atoms with Crippen LogP contribution >= 0.6 is 11.3 Å². The third-order valence-corrected chi connectivity index (χ3v) is 10.5. The molecule has 1 heterocycles. The summed E-state index contributed by atoms with van der Waals surface area (Å²) in [5.74, 6) is -1.13. The maximum atomic E-state index is 13.8. The van der Waals surface area contributed by atoms with Crippen molar-refractivity contribution in [1.29, 1.82) is 0 Å². The fourth-order valence-electron chi connectivity index (χ4n) is 6.31. The number of phenolic OH excluding ortho intramolecular Hbond substituents is 1. The number of amides is 5. The molecule has 5 amide bonds. The van der Waals surface area contributed by atoms with E-state index in [1.807, 2.05) is 11.8 Å². The van der Waals surface area contributed by atoms with Gasteiger partial charge in [-0.2, -0.15) is 0 Å². The van der Waals surface area contributed by atoms with Crippen LogP contribution in [0.25, 0.3) is 0 Å². The van der Waals surface area contributed by atoms with Crippen molar-refractivity contribution in [3.63, 3.8) is 0 Å². The van der Waals surface area contributed by atoms with E-state index in [1.165, 1.54) is 11.3 Å². The van der Waals surface area contributed by atoms with Gasteiger partial charge in [0.2, 0.25) is 18.2 Å². The number of nitrogens with one attached hydrogen (secondary N) is 4. The second-order valence-electron chi connectivity index (χ2n) is 15.0. The Bertz CT molecular complexity index is 1550. The van der Waals surface area contributed by atoms with Crippen LogP contribution in [0.3, 0.4) is 0 Å². The molecule has 344 valence electrons. The predicted molar refractivity (Wildman–Crippen MR) is 232 cm³/mol. The quantitative estimate of drug-likeness (QED) is 0.0361. The minimum atomic E-state index is -0.864. The first-order valence-electron chi connectivity index (χ1n) is 21.5. The summed E-state index contributed by atoms with van der Waals surface area (Å²) in [6, 6.07) is 6.02. The molecular weight excluding hydrogens is 809 g/mol. The van der Waals surface area contributed by atoms with E-state index >= 15 is 0 Å². The normalized spacial score (nSPS) is 13.2. The number of hydrogen-bond acceptors (Lipinski definition) is 13. The average molecular weight is 879 g/mol. The minimum absolute atomic E-state index is 0.0526. The monoisotopic (exact) mass is 878 g/mol. The lowest BCUT2D eigenvalue weighted by Gasteiger charge is -2.36. The van der Waals surface area contributed by atoms with Crippen LogP contribution in [0.2, 0.25) is 0 Å². The van der Waals surface area contributed by atoms with Crippen molar-refractivity contribution in [3.8, 4) is 5.75 Å². The first-order valence-corrected chi connectivity index (χ1v) is 22.4. The topological polar surface area (TPSA) is 216 Å². The summed E-state index contributed by atoms with van der Waals surface area (Å²) in [6.45, 7) is 15.5. The van der Waals surface area contributed by atoms with Crippen molar-refractivity contribution in [3.05, 3.63) is 45.9 Å². The van der Waals surface area contributed by atoms with Crippen LogP contribution in [0.15, 0.2) is 29.6 Å². The van der Waals surface area contributed by atoms with E-state index in [2.05, 4.69) is 49.2 Å². The van der Waals surface area contributed by atoms with E-state index in [-0.39, 0.29) is 55.6 Å². The van der Waals surface area contributed by atoms with Gasteiger partial charge in [-0.1, -0.05) is 60.1 Å². The minimum Gasteiger partial charge on any atom is -0.508 e. The maximum absolute atomic E-state index is 13.8. The molecule has 2 rings (SSSR count). The van der Waals surface area contributed by atoms with Gasteiger partial charge in [-0.05, 0) is 55.7 Å². The highest BCUT2D eigenvalue weighted by Crippen LogP contribution is 2.31. The number of hydrazine groups is 1. The third kappa shape index (κ3) is 21.8. The molecular formula is C43H70N6O11S. The van der Waals surface area contributed by atoms with Gasteiger partial charge >= 0.3 is 6.09 Å². The smallest absolute Gasteiger partial charge is 0.426 e. The fraction of sp³-hybridized carbons (Fsp3) is 0.674. The van der Waals surface area contributed by atoms with E-state index < -0.39 is 36.0 Å². The van der Waals surface area contributed by atoms with Crippen LogP contribution in [0, 0.1) is 11.8 Å². The molecule has 2 aromatic rings. The summed E-state index contributed by atoms with van der Waals surface area (Å²) in [5.41, 5.74) is 5.67. The van der Waals surface area contributed by atoms with Gasteiger partial charge < -0.3 is 44.3 Å². The molecule has 0 saturated carbocycles. The first-order chi connectivity index (χ1) is 29.4. The Morgan fingerprint density at radius 1 is 0.852 bits per heavy atom. The van der Waals surface area contributed by atoms with Gasteiger partial charge in [0, 0.05) is 55.9 Å². The number of ether oxygens (including phenoxy) is 5. The molecule has 0 aliphatic heterocycles. The van der Waals surface area contributed by atoms with Crippen LogP contribution in [-0.2, 0) is 44.5 Å². The van der Waals surface area contributed by atoms with Crippen LogP contribution in [0.1, 0.15) is 114 Å². The Balaban J connectivity index is 2.00. The summed E-state index contributed by atoms with van der Waals surface area (Å²) in [7, 11) is 0. The number of carbonyl (C=O) groups excluding carboxylic acids is 5. The molecule has 0 aliphatic carbocycles. The van der Waals surface area contributed by atoms with Gasteiger partial charge in [0.15, 0.2) is 0 Å². The van der Waals surface area contributed by atoms with Gasteiger partial charge in [0.25, 0.3) is 5.91 Å². The number of rotatable bonds is 33. The number of phenols is 1. The zero-order chi connectivity index (χ0) is 44.8. The Morgan fingerprint density at radius 2 is 1.52 bits per heavy atom. The number of carbonyl (C=O) groups is 5. The second-order valence-corrected chi connectivity index (χ2v) is 15.9. The Kier molecular flexibility index (Phi) is 27.2. The molecule has 1 aromatic carbocycles. The number of aromatic hydroxyl groups is 1. The van der Waals surface area contributed by atoms with Gasteiger partial charge in [-0.25, -0.2) is 15.2 Å². The molecule has 5 N–H and O–H groups in total. The number of unbranched alkanes of at least 4 members (excludes halogenated alkanes) is 1. The zero-order valence-corrected chi connectivity index (χ0v) is 37.7. The van der Waals surface area contributed by atoms with Crippen LogP contribution in [0.5, 0.6) is 5.75 Å². The Morgan fingerprint density at radius 3 is 2.15 bits per heavy atom. The fourth-order valence-corrected chi connectivity index (χ4v) is 7.17. The summed E-state index contributed by atoms with van der Waals surface area (Å²) in [6.07, 6.45) is 4.37. The summed E-state index contributed by atoms with van der Waals surface area (Å²) in [4.78, 5) is 69.4. The predicted octanol–water partition coefficient (Wildman–Crippen LogP) is 5.08. The van der Waals surface area contributed by atoms with Crippen LogP contribution in [-0.4, -0.2) is 123 Å². The standard InChI is InChI=1S/C43H70N6O11S/c1-7-10-11-39(52)49(17-8-2)37(31(4)5)28-38(59-18-9-3)42-46-36(29-61-42)41(54)45-34(27-33-12-14-35(51)15-13-33)26-32(6)40(53)47-48-43(55)60-25-24-58-23-22-57-21-20-56-19-16-44-30-50/h12-15,29-32,34,37-38,51H,7-11,16-28H2,1-6H3,(H,44,50)(H,45,54)(H,47,53)(H,48,55)/t32-,34?,37?,38?/m0/s1. The lowest BCUT2D eigenvalue weighted by molar-refractivity contribution is -0.136. The summed E-state index contributed by atoms with van der Waals surface area (Å²) >= 11 is 1.34. The molecule has 0 spiro atoms. The molecule has 0 aliphatic rings. The van der Waals surface area contributed by atoms with Gasteiger partial charge in [0.1, 0.15) is 29.2 Å². The van der Waals surface area contributed by atoms with Crippen molar-refractivity contribution in [1.82, 2.24) is 31.4 Å². The lowest BCUT2D eigenvalue weighted by atomic mass is 9.95. The highest BCUT2D eigenvalue weighted by Gasteiger charge is 2.31. The number of benzene rings is 1. The van der Waals surface area contributed by atoms with Gasteiger partial charge in [-0.15, -0.1) is 11.3 Å². The van der Waals surface area contributed by atoms with E-state index in [0.29, 0.717) is 76.8 Å². The Hall–Kier alpha value is -4.36. The van der Waals surface area contributed by atoms with Gasteiger partial charge in [-0.3, -0.25) is 24.6 Å². The largest absolute Gasteiger partial charge is 0.508 e. The number of aromatic nitrogens is 1. The molecule has 0 fully saturated rings. The summed E-state index contributed by atoms with van der Waals surface area (Å²) in [5, 5.41) is 17.7. The zero-order valence-electron chi connectivity index (χ0n) is 36.9. The van der Waals surface area contributed by atoms with E-state index in [9.17, 15) is 29.1 Å². The highest BCUT2D eigenvalue weighted by atomic mass is 32.1. The van der Waals surface area contributed by atoms with Crippen LogP contribution in [0.4, 0.5) is 4.79 Å². The van der Waals surface area contributed by atoms with Crippen LogP contribution < -0.4 is 21.5 Å². The molecule has 61 heavy (non-hydrogen) atoms. The average Bonchev–Trinajstić information content (AvgIpc) is 3.74. The first kappa shape index (κ1) is 52.8. The van der Waals surface area contributed by atoms with Crippen molar-refractivity contribution in [2.75, 3.05) is 65.9 Å². The van der Waals surface area contributed by atoms with Gasteiger partial charge in [0.05, 0.1) is 39.6 Å². The Labute approximate surface area is 365 Å². The number of thiazole rings is 1. The number of hydrogen-bond donors (Lipinski definition) is 5. The molecule has 17 nitrogen and oxygen atoms in total. The molecule has 18 heteroatoms. The van der Waals surface area contributed by atoms with Crippen molar-refractivity contribution in [2.45, 2.75) is 111 Å². The molecule has 0 saturated heterocycles. The third-order valence-electron chi connectivity index (χ3n) is 9.51.